The molecule has 0 bridgehead atoms. The number of aromatic nitrogens is 1. The first kappa shape index (κ1) is 17.7. The van der Waals surface area contributed by atoms with Gasteiger partial charge in [0, 0.05) is 6.20 Å². The fourth-order valence-electron chi connectivity index (χ4n) is 3.62. The number of aryl methyl sites for hydroxylation is 1. The molecule has 140 valence electrons. The second-order valence-corrected chi connectivity index (χ2v) is 6.80. The molecule has 4 rings (SSSR count). The number of halogens is 3. The number of carbonyl (C=O) groups excluding carboxylic acids is 1. The standard InChI is InChI=1S/C18H15ClF2N4O2/c19-12-6-3-9-23-13(12)14(26)24-15-18(20,21)17(25-16(22)27-15)8-7-10-4-1-2-5-11(10)17/h1-6,9,15H,7-8H2,(H2,22,25)(H,24,26)/t15?,17-/m1/s1. The fourth-order valence-corrected chi connectivity index (χ4v) is 3.82. The van der Waals surface area contributed by atoms with E-state index in [4.69, 9.17) is 22.1 Å². The average Bonchev–Trinajstić information content (AvgIpc) is 3.00. The number of nitrogens with zero attached hydrogens (tertiary/aromatic N) is 2. The van der Waals surface area contributed by atoms with Gasteiger partial charge in [0.1, 0.15) is 5.69 Å². The zero-order chi connectivity index (χ0) is 19.2. The first-order valence-electron chi connectivity index (χ1n) is 8.25. The lowest BCUT2D eigenvalue weighted by molar-refractivity contribution is -0.174. The smallest absolute Gasteiger partial charge is 0.331 e. The highest BCUT2D eigenvalue weighted by atomic mass is 35.5. The molecule has 1 amide bonds. The highest BCUT2D eigenvalue weighted by molar-refractivity contribution is 6.33. The molecule has 0 saturated carbocycles. The van der Waals surface area contributed by atoms with E-state index in [9.17, 15) is 4.79 Å². The summed E-state index contributed by atoms with van der Waals surface area (Å²) in [7, 11) is 0. The first-order chi connectivity index (χ1) is 12.8. The van der Waals surface area contributed by atoms with Gasteiger partial charge in [-0.1, -0.05) is 35.9 Å². The van der Waals surface area contributed by atoms with Crippen molar-refractivity contribution in [2.24, 2.45) is 10.7 Å². The molecule has 2 aromatic rings. The summed E-state index contributed by atoms with van der Waals surface area (Å²) in [6.45, 7) is 0. The van der Waals surface area contributed by atoms with Crippen molar-refractivity contribution in [1.82, 2.24) is 10.3 Å². The summed E-state index contributed by atoms with van der Waals surface area (Å²) in [4.78, 5) is 20.2. The van der Waals surface area contributed by atoms with Crippen molar-refractivity contribution in [3.05, 3.63) is 64.4 Å². The molecule has 1 aliphatic carbocycles. The maximum atomic E-state index is 15.5. The van der Waals surface area contributed by atoms with E-state index in [-0.39, 0.29) is 17.1 Å². The Balaban J connectivity index is 1.72. The largest absolute Gasteiger partial charge is 0.435 e. The molecular weight excluding hydrogens is 378 g/mol. The summed E-state index contributed by atoms with van der Waals surface area (Å²) >= 11 is 5.92. The van der Waals surface area contributed by atoms with Gasteiger partial charge in [0.25, 0.3) is 11.9 Å². The number of nitrogens with one attached hydrogen (secondary N) is 1. The van der Waals surface area contributed by atoms with Gasteiger partial charge in [-0.25, -0.2) is 9.98 Å². The van der Waals surface area contributed by atoms with Crippen LogP contribution in [0, 0.1) is 0 Å². The van der Waals surface area contributed by atoms with Crippen molar-refractivity contribution in [2.75, 3.05) is 0 Å². The van der Waals surface area contributed by atoms with Crippen LogP contribution in [-0.4, -0.2) is 29.1 Å². The molecular formula is C18H15ClF2N4O2. The Labute approximate surface area is 158 Å². The van der Waals surface area contributed by atoms with E-state index < -0.39 is 29.6 Å². The van der Waals surface area contributed by atoms with Crippen molar-refractivity contribution in [2.45, 2.75) is 30.5 Å². The minimum absolute atomic E-state index is 0.0386. The molecule has 1 aliphatic heterocycles. The predicted molar refractivity (Wildman–Crippen MR) is 94.6 cm³/mol. The van der Waals surface area contributed by atoms with E-state index in [1.807, 2.05) is 0 Å². The van der Waals surface area contributed by atoms with Gasteiger partial charge in [0.15, 0.2) is 5.54 Å². The molecule has 0 saturated heterocycles. The van der Waals surface area contributed by atoms with E-state index in [0.29, 0.717) is 12.0 Å². The maximum absolute atomic E-state index is 15.5. The average molecular weight is 393 g/mol. The lowest BCUT2D eigenvalue weighted by Crippen LogP contribution is -2.63. The summed E-state index contributed by atoms with van der Waals surface area (Å²) in [6.07, 6.45) is -0.188. The van der Waals surface area contributed by atoms with Crippen LogP contribution in [0.15, 0.2) is 47.6 Å². The molecule has 2 heterocycles. The third-order valence-electron chi connectivity index (χ3n) is 4.88. The van der Waals surface area contributed by atoms with E-state index in [2.05, 4.69) is 15.3 Å². The number of benzene rings is 1. The maximum Gasteiger partial charge on any atom is 0.331 e. The third kappa shape index (κ3) is 2.63. The first-order valence-corrected chi connectivity index (χ1v) is 8.62. The fraction of sp³-hybridized carbons (Fsp3) is 0.278. The van der Waals surface area contributed by atoms with Crippen LogP contribution in [0.25, 0.3) is 0 Å². The molecule has 3 N–H and O–H groups in total. The van der Waals surface area contributed by atoms with Crippen molar-refractivity contribution < 1.29 is 18.3 Å². The number of amidine groups is 1. The monoisotopic (exact) mass is 392 g/mol. The molecule has 0 fully saturated rings. The summed E-state index contributed by atoms with van der Waals surface area (Å²) in [5, 5.41) is 2.20. The minimum Gasteiger partial charge on any atom is -0.435 e. The van der Waals surface area contributed by atoms with Gasteiger partial charge in [0.2, 0.25) is 6.23 Å². The lowest BCUT2D eigenvalue weighted by atomic mass is 9.83. The molecule has 1 aromatic heterocycles. The Kier molecular flexibility index (Phi) is 4.03. The number of pyridine rings is 1. The molecule has 2 atom stereocenters. The number of aliphatic imine (C=N–C) groups is 1. The van der Waals surface area contributed by atoms with E-state index in [1.165, 1.54) is 18.3 Å². The van der Waals surface area contributed by atoms with E-state index in [0.717, 1.165) is 5.56 Å². The Hall–Kier alpha value is -2.74. The van der Waals surface area contributed by atoms with Gasteiger partial charge < -0.3 is 15.8 Å². The second kappa shape index (κ2) is 6.16. The van der Waals surface area contributed by atoms with Gasteiger partial charge >= 0.3 is 5.92 Å². The van der Waals surface area contributed by atoms with Crippen LogP contribution in [0.3, 0.4) is 0 Å². The predicted octanol–water partition coefficient (Wildman–Crippen LogP) is 2.61. The number of alkyl halides is 2. The van der Waals surface area contributed by atoms with Crippen LogP contribution in [0.2, 0.25) is 5.02 Å². The number of amides is 1. The summed E-state index contributed by atoms with van der Waals surface area (Å²) in [5.74, 6) is -4.43. The van der Waals surface area contributed by atoms with Gasteiger partial charge in [-0.15, -0.1) is 0 Å². The van der Waals surface area contributed by atoms with Gasteiger partial charge in [-0.3, -0.25) is 4.79 Å². The topological polar surface area (TPSA) is 89.6 Å². The van der Waals surface area contributed by atoms with Crippen LogP contribution in [0.5, 0.6) is 0 Å². The van der Waals surface area contributed by atoms with E-state index in [1.54, 1.807) is 24.3 Å². The SMILES string of the molecule is NC1=N[C@@]2(CCc3ccccc32)C(F)(F)C(NC(=O)c2ncccc2Cl)O1. The van der Waals surface area contributed by atoms with Crippen LogP contribution in [0.1, 0.15) is 28.0 Å². The van der Waals surface area contributed by atoms with Crippen molar-refractivity contribution >= 4 is 23.5 Å². The number of carbonyl (C=O) groups is 1. The zero-order valence-electron chi connectivity index (χ0n) is 14.0. The molecule has 1 aromatic carbocycles. The van der Waals surface area contributed by atoms with Crippen LogP contribution in [0.4, 0.5) is 8.78 Å². The molecule has 27 heavy (non-hydrogen) atoms. The number of hydrogen-bond donors (Lipinski definition) is 2. The Morgan fingerprint density at radius 3 is 2.85 bits per heavy atom. The molecule has 1 spiro atoms. The molecule has 2 aliphatic rings. The van der Waals surface area contributed by atoms with E-state index >= 15 is 8.78 Å². The number of rotatable bonds is 2. The summed E-state index contributed by atoms with van der Waals surface area (Å²) < 4.78 is 36.0. The highest BCUT2D eigenvalue weighted by Crippen LogP contribution is 2.53. The summed E-state index contributed by atoms with van der Waals surface area (Å²) in [5.41, 5.74) is 4.79. The number of ether oxygens (including phenoxy) is 1. The Morgan fingerprint density at radius 1 is 1.30 bits per heavy atom. The number of hydrogen-bond acceptors (Lipinski definition) is 5. The van der Waals surface area contributed by atoms with Crippen molar-refractivity contribution in [3.8, 4) is 0 Å². The minimum atomic E-state index is -3.54. The zero-order valence-corrected chi connectivity index (χ0v) is 14.7. The molecule has 6 nitrogen and oxygen atoms in total. The molecule has 9 heteroatoms. The van der Waals surface area contributed by atoms with Gasteiger partial charge in [-0.2, -0.15) is 8.78 Å². The Bertz CT molecular complexity index is 952. The second-order valence-electron chi connectivity index (χ2n) is 6.40. The summed E-state index contributed by atoms with van der Waals surface area (Å²) in [6, 6.07) is 9.40. The normalized spacial score (nSPS) is 25.4. The molecule has 1 unspecified atom stereocenters. The number of fused-ring (bicyclic) bond motifs is 2. The van der Waals surface area contributed by atoms with Crippen molar-refractivity contribution in [3.63, 3.8) is 0 Å². The van der Waals surface area contributed by atoms with Gasteiger partial charge in [0.05, 0.1) is 5.02 Å². The lowest BCUT2D eigenvalue weighted by Gasteiger charge is -2.42. The quantitative estimate of drug-likeness (QED) is 0.822. The van der Waals surface area contributed by atoms with Crippen LogP contribution in [-0.2, 0) is 16.7 Å². The Morgan fingerprint density at radius 2 is 2.07 bits per heavy atom. The van der Waals surface area contributed by atoms with Crippen LogP contribution < -0.4 is 11.1 Å². The third-order valence-corrected chi connectivity index (χ3v) is 5.18. The highest BCUT2D eigenvalue weighted by Gasteiger charge is 2.66. The van der Waals surface area contributed by atoms with Crippen LogP contribution >= 0.6 is 11.6 Å². The van der Waals surface area contributed by atoms with Crippen molar-refractivity contribution in [1.29, 1.82) is 0 Å². The number of nitrogens with two attached hydrogens (primary N) is 1. The van der Waals surface area contributed by atoms with Gasteiger partial charge in [-0.05, 0) is 36.1 Å². The molecule has 0 radical (unpaired) electrons.